The molecule has 1 N–H and O–H groups in total. The molecule has 3 aliphatic carbocycles. The molecule has 8 atom stereocenters. The van der Waals surface area contributed by atoms with Gasteiger partial charge in [-0.1, -0.05) is 18.6 Å². The molecule has 0 aromatic heterocycles. The summed E-state index contributed by atoms with van der Waals surface area (Å²) in [6, 6.07) is 0.858. The molecule has 4 nitrogen and oxygen atoms in total. The Hall–Kier alpha value is -0.870. The highest BCUT2D eigenvalue weighted by Crippen LogP contribution is 2.67. The molecule has 0 unspecified atom stereocenters. The number of aliphatic hydroxyl groups is 1. The van der Waals surface area contributed by atoms with Crippen LogP contribution in [0.3, 0.4) is 0 Å². The van der Waals surface area contributed by atoms with E-state index in [-0.39, 0.29) is 11.4 Å². The number of carbonyl (C=O) groups is 1. The van der Waals surface area contributed by atoms with Crippen molar-refractivity contribution in [1.29, 1.82) is 0 Å². The van der Waals surface area contributed by atoms with E-state index in [0.717, 1.165) is 31.7 Å². The standard InChI is InChI=1S/C23H35NO3/c1-14-13-24-20-17-6-4-5-15(17)7-8-18(20)22(2,26)23(12-10-19(25)27-3)11-9-16(14)21(23)24/h6,14-16,18,20-21,26H,4-5,7-13H2,1-3H3/t14-,15-,16-,18+,20+,21+,22-,23+/m1/s1. The predicted octanol–water partition coefficient (Wildman–Crippen LogP) is 3.54. The topological polar surface area (TPSA) is 49.8 Å². The van der Waals surface area contributed by atoms with Crippen LogP contribution in [0.5, 0.6) is 0 Å². The first kappa shape index (κ1) is 18.2. The van der Waals surface area contributed by atoms with Gasteiger partial charge < -0.3 is 9.84 Å². The van der Waals surface area contributed by atoms with Gasteiger partial charge in [0.25, 0.3) is 0 Å². The molecule has 0 amide bonds. The van der Waals surface area contributed by atoms with Crippen molar-refractivity contribution in [2.45, 2.75) is 82.9 Å². The lowest BCUT2D eigenvalue weighted by molar-refractivity contribution is -0.203. The SMILES string of the molecule is COC(=O)CC[C@@]12CC[C@@H]3[C@H](C)CN([C@@H]31)[C@H]1C3=CCC[C@@H]3CC[C@@H]1[C@@]2(C)O. The van der Waals surface area contributed by atoms with Gasteiger partial charge in [-0.2, -0.15) is 0 Å². The van der Waals surface area contributed by atoms with Crippen LogP contribution in [0.15, 0.2) is 11.6 Å². The van der Waals surface area contributed by atoms with Crippen LogP contribution in [-0.2, 0) is 9.53 Å². The van der Waals surface area contributed by atoms with E-state index in [0.29, 0.717) is 36.3 Å². The molecule has 2 saturated carbocycles. The molecule has 4 heteroatoms. The van der Waals surface area contributed by atoms with Crippen LogP contribution in [0.2, 0.25) is 0 Å². The van der Waals surface area contributed by atoms with E-state index in [2.05, 4.69) is 24.8 Å². The number of esters is 1. The Morgan fingerprint density at radius 2 is 2.15 bits per heavy atom. The largest absolute Gasteiger partial charge is 0.469 e. The summed E-state index contributed by atoms with van der Waals surface area (Å²) in [4.78, 5) is 14.8. The van der Waals surface area contributed by atoms with Gasteiger partial charge >= 0.3 is 5.97 Å². The van der Waals surface area contributed by atoms with Gasteiger partial charge in [-0.25, -0.2) is 0 Å². The van der Waals surface area contributed by atoms with Crippen molar-refractivity contribution in [3.63, 3.8) is 0 Å². The third-order valence-electron chi connectivity index (χ3n) is 9.49. The molecule has 0 radical (unpaired) electrons. The zero-order valence-corrected chi connectivity index (χ0v) is 17.1. The van der Waals surface area contributed by atoms with Crippen molar-refractivity contribution in [3.8, 4) is 0 Å². The summed E-state index contributed by atoms with van der Waals surface area (Å²) < 4.78 is 4.97. The smallest absolute Gasteiger partial charge is 0.305 e. The van der Waals surface area contributed by atoms with Gasteiger partial charge in [0.15, 0.2) is 0 Å². The Kier molecular flexibility index (Phi) is 4.08. The number of hydrogen-bond donors (Lipinski definition) is 1. The summed E-state index contributed by atoms with van der Waals surface area (Å²) in [7, 11) is 1.48. The van der Waals surface area contributed by atoms with Gasteiger partial charge in [-0.05, 0) is 69.6 Å². The zero-order chi connectivity index (χ0) is 19.0. The van der Waals surface area contributed by atoms with E-state index >= 15 is 0 Å². The predicted molar refractivity (Wildman–Crippen MR) is 104 cm³/mol. The molecule has 0 bridgehead atoms. The fourth-order valence-corrected chi connectivity index (χ4v) is 8.28. The molecule has 0 aromatic carbocycles. The van der Waals surface area contributed by atoms with Gasteiger partial charge in [-0.3, -0.25) is 9.69 Å². The Labute approximate surface area is 163 Å². The fourth-order valence-electron chi connectivity index (χ4n) is 8.28. The van der Waals surface area contributed by atoms with Crippen LogP contribution in [0, 0.1) is 29.1 Å². The first-order valence-electron chi connectivity index (χ1n) is 11.2. The number of hydrogen-bond acceptors (Lipinski definition) is 4. The highest BCUT2D eigenvalue weighted by molar-refractivity contribution is 5.69. The van der Waals surface area contributed by atoms with Crippen LogP contribution in [0.4, 0.5) is 0 Å². The van der Waals surface area contributed by atoms with Crippen LogP contribution in [-0.4, -0.2) is 47.3 Å². The number of carbonyl (C=O) groups excluding carboxylic acids is 1. The average Bonchev–Trinajstić information content (AvgIpc) is 3.34. The van der Waals surface area contributed by atoms with Gasteiger partial charge in [0.1, 0.15) is 0 Å². The summed E-state index contributed by atoms with van der Waals surface area (Å²) in [5, 5.41) is 12.1. The molecule has 2 heterocycles. The normalized spacial score (nSPS) is 50.7. The summed E-state index contributed by atoms with van der Waals surface area (Å²) in [6.45, 7) is 5.70. The molecule has 27 heavy (non-hydrogen) atoms. The highest BCUT2D eigenvalue weighted by atomic mass is 16.5. The van der Waals surface area contributed by atoms with Crippen molar-refractivity contribution in [3.05, 3.63) is 11.6 Å². The number of allylic oxidation sites excluding steroid dienone is 1. The minimum atomic E-state index is -0.708. The molecule has 5 aliphatic rings. The lowest BCUT2D eigenvalue weighted by Crippen LogP contribution is -2.71. The van der Waals surface area contributed by atoms with E-state index in [1.54, 1.807) is 5.57 Å². The van der Waals surface area contributed by atoms with Gasteiger partial charge in [0.05, 0.1) is 12.7 Å². The summed E-state index contributed by atoms with van der Waals surface area (Å²) >= 11 is 0. The molecule has 4 fully saturated rings. The first-order chi connectivity index (χ1) is 12.9. The molecule has 2 saturated heterocycles. The fraction of sp³-hybridized carbons (Fsp3) is 0.870. The van der Waals surface area contributed by atoms with E-state index in [9.17, 15) is 9.90 Å². The average molecular weight is 374 g/mol. The maximum Gasteiger partial charge on any atom is 0.305 e. The second-order valence-corrected chi connectivity index (χ2v) is 10.3. The molecule has 2 aliphatic heterocycles. The number of ether oxygens (including phenoxy) is 1. The van der Waals surface area contributed by atoms with Crippen molar-refractivity contribution in [2.75, 3.05) is 13.7 Å². The van der Waals surface area contributed by atoms with Crippen LogP contribution < -0.4 is 0 Å². The third-order valence-corrected chi connectivity index (χ3v) is 9.49. The second-order valence-electron chi connectivity index (χ2n) is 10.3. The Bertz CT molecular complexity index is 671. The Morgan fingerprint density at radius 1 is 1.33 bits per heavy atom. The molecule has 0 spiro atoms. The van der Waals surface area contributed by atoms with E-state index in [1.807, 2.05) is 0 Å². The van der Waals surface area contributed by atoms with E-state index in [1.165, 1.54) is 32.8 Å². The second kappa shape index (κ2) is 6.06. The summed E-state index contributed by atoms with van der Waals surface area (Å²) in [5.41, 5.74) is 0.775. The number of methoxy groups -OCH3 is 1. The van der Waals surface area contributed by atoms with E-state index < -0.39 is 5.60 Å². The third kappa shape index (κ3) is 2.26. The lowest BCUT2D eigenvalue weighted by Gasteiger charge is -2.63. The number of rotatable bonds is 3. The number of nitrogens with zero attached hydrogens (tertiary/aromatic N) is 1. The van der Waals surface area contributed by atoms with Crippen molar-refractivity contribution in [2.24, 2.45) is 29.1 Å². The summed E-state index contributed by atoms with van der Waals surface area (Å²) in [5.74, 6) is 2.27. The van der Waals surface area contributed by atoms with Crippen molar-refractivity contribution >= 4 is 5.97 Å². The molecular weight excluding hydrogens is 338 g/mol. The van der Waals surface area contributed by atoms with E-state index in [4.69, 9.17) is 4.74 Å². The molecule has 5 rings (SSSR count). The molecule has 0 aromatic rings. The summed E-state index contributed by atoms with van der Waals surface area (Å²) in [6.07, 6.45) is 10.8. The number of fused-ring (bicyclic) bond motifs is 4. The minimum absolute atomic E-state index is 0.134. The van der Waals surface area contributed by atoms with Crippen LogP contribution in [0.25, 0.3) is 0 Å². The van der Waals surface area contributed by atoms with Gasteiger partial charge in [0, 0.05) is 36.4 Å². The minimum Gasteiger partial charge on any atom is -0.469 e. The highest BCUT2D eigenvalue weighted by Gasteiger charge is 2.70. The quantitative estimate of drug-likeness (QED) is 0.607. The van der Waals surface area contributed by atoms with Crippen molar-refractivity contribution in [1.82, 2.24) is 4.90 Å². The van der Waals surface area contributed by atoms with Crippen LogP contribution >= 0.6 is 0 Å². The lowest BCUT2D eigenvalue weighted by atomic mass is 9.52. The number of piperidine rings is 1. The first-order valence-corrected chi connectivity index (χ1v) is 11.2. The van der Waals surface area contributed by atoms with Crippen molar-refractivity contribution < 1.29 is 14.6 Å². The molecule has 150 valence electrons. The maximum atomic E-state index is 12.1. The Morgan fingerprint density at radius 3 is 2.93 bits per heavy atom. The maximum absolute atomic E-state index is 12.1. The monoisotopic (exact) mass is 373 g/mol. The van der Waals surface area contributed by atoms with Gasteiger partial charge in [-0.15, -0.1) is 0 Å². The molecular formula is C23H35NO3. The zero-order valence-electron chi connectivity index (χ0n) is 17.1. The van der Waals surface area contributed by atoms with Crippen LogP contribution in [0.1, 0.15) is 65.2 Å². The Balaban J connectivity index is 1.58. The van der Waals surface area contributed by atoms with Gasteiger partial charge in [0.2, 0.25) is 0 Å².